The fraction of sp³-hybridized carbons (Fsp3) is 0.833. The van der Waals surface area contributed by atoms with Gasteiger partial charge < -0.3 is 28.0 Å². The number of hydrogen-bond donors (Lipinski definition) is 0. The van der Waals surface area contributed by atoms with E-state index in [9.17, 15) is 4.57 Å². The molecule has 2 rings (SSSR count). The van der Waals surface area contributed by atoms with Crippen molar-refractivity contribution in [3.05, 3.63) is 11.9 Å². The van der Waals surface area contributed by atoms with Crippen LogP contribution in [-0.2, 0) is 32.6 Å². The summed E-state index contributed by atoms with van der Waals surface area (Å²) in [6.45, 7) is 7.37. The largest absolute Gasteiger partial charge is 0.375 e. The third-order valence-corrected chi connectivity index (χ3v) is 5.34. The molecule has 2 heterocycles. The summed E-state index contributed by atoms with van der Waals surface area (Å²) in [5, 5.41) is 0.189. The second kappa shape index (κ2) is 5.50. The zero-order valence-electron chi connectivity index (χ0n) is 12.3. The topological polar surface area (TPSA) is 72.5 Å². The highest BCUT2D eigenvalue weighted by Gasteiger charge is 2.57. The Labute approximate surface area is 118 Å². The van der Waals surface area contributed by atoms with Gasteiger partial charge in [0.2, 0.25) is 0 Å². The highest BCUT2D eigenvalue weighted by atomic mass is 31.2. The molecule has 2 fully saturated rings. The smallest absolute Gasteiger partial charge is 0.358 e. The number of methoxy groups -OCH3 is 1. The van der Waals surface area contributed by atoms with Crippen LogP contribution in [0.1, 0.15) is 13.8 Å². The van der Waals surface area contributed by atoms with Gasteiger partial charge in [0, 0.05) is 21.3 Å². The van der Waals surface area contributed by atoms with Crippen LogP contribution in [0.3, 0.4) is 0 Å². The Morgan fingerprint density at radius 2 is 1.80 bits per heavy atom. The molecule has 2 saturated heterocycles. The van der Waals surface area contributed by atoms with Crippen LogP contribution in [0.5, 0.6) is 0 Å². The summed E-state index contributed by atoms with van der Waals surface area (Å²) in [7, 11) is 0.659. The van der Waals surface area contributed by atoms with E-state index in [1.165, 1.54) is 21.3 Å². The predicted octanol–water partition coefficient (Wildman–Crippen LogP) is 1.88. The third kappa shape index (κ3) is 2.60. The Kier molecular flexibility index (Phi) is 4.43. The minimum atomic E-state index is -3.45. The Bertz CT molecular complexity index is 428. The highest BCUT2D eigenvalue weighted by Crippen LogP contribution is 2.58. The van der Waals surface area contributed by atoms with Crippen molar-refractivity contribution in [3.8, 4) is 0 Å². The van der Waals surface area contributed by atoms with E-state index in [0.717, 1.165) is 0 Å². The molecule has 0 bridgehead atoms. The number of fused-ring (bicyclic) bond motifs is 1. The van der Waals surface area contributed by atoms with Crippen LogP contribution in [-0.4, -0.2) is 51.7 Å². The van der Waals surface area contributed by atoms with Gasteiger partial charge in [0.1, 0.15) is 18.3 Å². The maximum atomic E-state index is 12.4. The molecule has 8 heteroatoms. The lowest BCUT2D eigenvalue weighted by atomic mass is 10.1. The molecule has 0 saturated carbocycles. The molecule has 0 aromatic rings. The van der Waals surface area contributed by atoms with Crippen molar-refractivity contribution in [2.24, 2.45) is 0 Å². The van der Waals surface area contributed by atoms with Crippen molar-refractivity contribution < 1.29 is 32.6 Å². The molecule has 0 spiro atoms. The van der Waals surface area contributed by atoms with E-state index in [4.69, 9.17) is 28.0 Å². The van der Waals surface area contributed by atoms with Gasteiger partial charge in [-0.1, -0.05) is 6.58 Å². The maximum Gasteiger partial charge on any atom is 0.358 e. The molecule has 0 radical (unpaired) electrons. The van der Waals surface area contributed by atoms with Gasteiger partial charge >= 0.3 is 7.60 Å². The summed E-state index contributed by atoms with van der Waals surface area (Å²) in [5.41, 5.74) is 0. The van der Waals surface area contributed by atoms with Crippen molar-refractivity contribution in [1.82, 2.24) is 0 Å². The predicted molar refractivity (Wildman–Crippen MR) is 70.3 cm³/mol. The molecule has 0 unspecified atom stereocenters. The van der Waals surface area contributed by atoms with Crippen LogP contribution in [0.25, 0.3) is 0 Å². The molecule has 0 aliphatic carbocycles. The first-order valence-corrected chi connectivity index (χ1v) is 7.77. The summed E-state index contributed by atoms with van der Waals surface area (Å²) in [5.74, 6) is -0.745. The number of rotatable bonds is 5. The van der Waals surface area contributed by atoms with Crippen molar-refractivity contribution >= 4 is 7.60 Å². The molecule has 4 atom stereocenters. The summed E-state index contributed by atoms with van der Waals surface area (Å²) in [6.07, 6.45) is -2.19. The van der Waals surface area contributed by atoms with Gasteiger partial charge in [-0.3, -0.25) is 4.57 Å². The summed E-state index contributed by atoms with van der Waals surface area (Å²) in [4.78, 5) is 0. The van der Waals surface area contributed by atoms with E-state index < -0.39 is 38.0 Å². The molecule has 116 valence electrons. The Morgan fingerprint density at radius 1 is 1.20 bits per heavy atom. The van der Waals surface area contributed by atoms with E-state index in [1.54, 1.807) is 13.8 Å². The molecule has 20 heavy (non-hydrogen) atoms. The molecule has 0 N–H and O–H groups in total. The Morgan fingerprint density at radius 3 is 2.30 bits per heavy atom. The first-order valence-electron chi connectivity index (χ1n) is 6.23. The SMILES string of the molecule is C=C([C@H]1O[C@@H]2OC(C)(C)O[C@@H]2[C@H]1OC)P(=O)(OC)OC. The van der Waals surface area contributed by atoms with Crippen molar-refractivity contribution in [2.75, 3.05) is 21.3 Å². The first-order chi connectivity index (χ1) is 9.28. The van der Waals surface area contributed by atoms with Crippen LogP contribution in [0.2, 0.25) is 0 Å². The van der Waals surface area contributed by atoms with Crippen LogP contribution in [0.15, 0.2) is 11.9 Å². The van der Waals surface area contributed by atoms with E-state index >= 15 is 0 Å². The van der Waals surface area contributed by atoms with E-state index in [2.05, 4.69) is 6.58 Å². The van der Waals surface area contributed by atoms with Crippen molar-refractivity contribution in [1.29, 1.82) is 0 Å². The maximum absolute atomic E-state index is 12.4. The molecule has 2 aliphatic rings. The van der Waals surface area contributed by atoms with Crippen LogP contribution in [0, 0.1) is 0 Å². The second-order valence-corrected chi connectivity index (χ2v) is 7.38. The Balaban J connectivity index is 2.20. The third-order valence-electron chi connectivity index (χ3n) is 3.42. The summed E-state index contributed by atoms with van der Waals surface area (Å²) < 4.78 is 44.8. The zero-order valence-corrected chi connectivity index (χ0v) is 13.2. The average molecular weight is 308 g/mol. The minimum absolute atomic E-state index is 0.189. The van der Waals surface area contributed by atoms with Gasteiger partial charge in [-0.2, -0.15) is 0 Å². The Hall–Kier alpha value is -0.270. The fourth-order valence-corrected chi connectivity index (χ4v) is 3.61. The molecular formula is C12H21O7P. The fourth-order valence-electron chi connectivity index (χ4n) is 2.47. The standard InChI is InChI=1S/C12H21O7P/c1-7(20(13,15-5)16-6)8-9(14-4)10-11(17-8)19-12(2,3)18-10/h8-11H,1H2,2-6H3/t8-,9+,10-,11-/m1/s1. The van der Waals surface area contributed by atoms with Crippen LogP contribution < -0.4 is 0 Å². The average Bonchev–Trinajstić information content (AvgIpc) is 2.88. The molecular weight excluding hydrogens is 287 g/mol. The lowest BCUT2D eigenvalue weighted by Gasteiger charge is -2.27. The van der Waals surface area contributed by atoms with Crippen molar-refractivity contribution in [2.45, 2.75) is 44.2 Å². The summed E-state index contributed by atoms with van der Waals surface area (Å²) >= 11 is 0. The molecule has 0 aromatic heterocycles. The minimum Gasteiger partial charge on any atom is -0.375 e. The van der Waals surface area contributed by atoms with Gasteiger partial charge in [0.05, 0.1) is 5.31 Å². The second-order valence-electron chi connectivity index (χ2n) is 5.08. The van der Waals surface area contributed by atoms with Gasteiger partial charge in [-0.25, -0.2) is 0 Å². The van der Waals surface area contributed by atoms with E-state index in [-0.39, 0.29) is 5.31 Å². The first kappa shape index (κ1) is 16.1. The molecule has 7 nitrogen and oxygen atoms in total. The van der Waals surface area contributed by atoms with Crippen molar-refractivity contribution in [3.63, 3.8) is 0 Å². The molecule has 0 amide bonds. The molecule has 0 aromatic carbocycles. The van der Waals surface area contributed by atoms with Gasteiger partial charge in [-0.15, -0.1) is 0 Å². The van der Waals surface area contributed by atoms with Gasteiger partial charge in [0.25, 0.3) is 0 Å². The van der Waals surface area contributed by atoms with Gasteiger partial charge in [0.15, 0.2) is 12.1 Å². The van der Waals surface area contributed by atoms with Crippen LogP contribution >= 0.6 is 7.60 Å². The highest BCUT2D eigenvalue weighted by molar-refractivity contribution is 7.58. The zero-order chi connectivity index (χ0) is 15.1. The van der Waals surface area contributed by atoms with E-state index in [1.807, 2.05) is 0 Å². The lowest BCUT2D eigenvalue weighted by Crippen LogP contribution is -2.36. The number of hydrogen-bond acceptors (Lipinski definition) is 7. The van der Waals surface area contributed by atoms with Gasteiger partial charge in [-0.05, 0) is 13.8 Å². The monoisotopic (exact) mass is 308 g/mol. The molecule has 2 aliphatic heterocycles. The number of ether oxygens (including phenoxy) is 4. The lowest BCUT2D eigenvalue weighted by molar-refractivity contribution is -0.211. The normalized spacial score (nSPS) is 36.0. The quantitative estimate of drug-likeness (QED) is 0.718. The van der Waals surface area contributed by atoms with Crippen LogP contribution in [0.4, 0.5) is 0 Å². The summed E-state index contributed by atoms with van der Waals surface area (Å²) in [6, 6.07) is 0. The van der Waals surface area contributed by atoms with E-state index in [0.29, 0.717) is 0 Å².